The molecule has 1 aromatic carbocycles. The molecule has 0 spiro atoms. The third-order valence-electron chi connectivity index (χ3n) is 3.79. The van der Waals surface area contributed by atoms with Gasteiger partial charge in [-0.3, -0.25) is 0 Å². The number of benzene rings is 1. The largest absolute Gasteiger partial charge is 0.328 e. The number of rotatable bonds is 3. The molecule has 1 aliphatic rings. The van der Waals surface area contributed by atoms with Crippen LogP contribution in [0.5, 0.6) is 0 Å². The molecule has 0 radical (unpaired) electrons. The molecule has 6 nitrogen and oxygen atoms in total. The lowest BCUT2D eigenvalue weighted by Gasteiger charge is -2.28. The first-order valence-electron chi connectivity index (χ1n) is 7.04. The monoisotopic (exact) mass is 360 g/mol. The summed E-state index contributed by atoms with van der Waals surface area (Å²) in [6.45, 7) is 0.794. The minimum Gasteiger partial charge on any atom is -0.328 e. The number of para-hydroxylation sites is 1. The molecule has 9 heteroatoms. The molecule has 1 fully saturated rings. The van der Waals surface area contributed by atoms with Crippen LogP contribution in [0.2, 0.25) is 0 Å². The first-order valence-corrected chi connectivity index (χ1v) is 8.48. The fourth-order valence-electron chi connectivity index (χ4n) is 2.47. The predicted octanol–water partition coefficient (Wildman–Crippen LogP) is 1.54. The highest BCUT2D eigenvalue weighted by Crippen LogP contribution is 2.21. The third-order valence-corrected chi connectivity index (χ3v) is 5.65. The fourth-order valence-corrected chi connectivity index (χ4v) is 3.88. The van der Waals surface area contributed by atoms with E-state index in [0.29, 0.717) is 25.9 Å². The fraction of sp³-hybridized carbons (Fsp3) is 0.357. The summed E-state index contributed by atoms with van der Waals surface area (Å²) in [5.74, 6) is -0.460. The highest BCUT2D eigenvalue weighted by atomic mass is 35.5. The van der Waals surface area contributed by atoms with Gasteiger partial charge in [0.25, 0.3) is 0 Å². The zero-order valence-electron chi connectivity index (χ0n) is 12.3. The minimum absolute atomic E-state index is 0. The van der Waals surface area contributed by atoms with E-state index in [4.69, 9.17) is 5.73 Å². The van der Waals surface area contributed by atoms with E-state index in [-0.39, 0.29) is 29.0 Å². The highest BCUT2D eigenvalue weighted by Gasteiger charge is 2.29. The molecule has 1 aliphatic heterocycles. The van der Waals surface area contributed by atoms with Gasteiger partial charge in [-0.1, -0.05) is 12.1 Å². The Morgan fingerprint density at radius 3 is 2.52 bits per heavy atom. The lowest BCUT2D eigenvalue weighted by molar-refractivity contribution is 0.320. The van der Waals surface area contributed by atoms with Crippen LogP contribution in [0.25, 0.3) is 5.69 Å². The van der Waals surface area contributed by atoms with Gasteiger partial charge in [0.05, 0.1) is 12.4 Å². The average Bonchev–Trinajstić information content (AvgIpc) is 2.98. The van der Waals surface area contributed by atoms with Crippen LogP contribution in [-0.2, 0) is 10.0 Å². The van der Waals surface area contributed by atoms with E-state index in [0.717, 1.165) is 0 Å². The Kier molecular flexibility index (Phi) is 5.41. The van der Waals surface area contributed by atoms with Gasteiger partial charge in [-0.15, -0.1) is 12.4 Å². The Labute approximate surface area is 140 Å². The molecule has 0 atom stereocenters. The summed E-state index contributed by atoms with van der Waals surface area (Å²) < 4.78 is 41.5. The zero-order chi connectivity index (χ0) is 15.7. The van der Waals surface area contributed by atoms with Gasteiger partial charge in [-0.05, 0) is 25.0 Å². The van der Waals surface area contributed by atoms with Crippen LogP contribution in [0.15, 0.2) is 41.6 Å². The van der Waals surface area contributed by atoms with Crippen molar-refractivity contribution < 1.29 is 12.8 Å². The molecule has 0 saturated carbocycles. The topological polar surface area (TPSA) is 81.2 Å². The molecule has 2 aromatic rings. The van der Waals surface area contributed by atoms with Crippen molar-refractivity contribution in [3.05, 3.63) is 42.5 Å². The van der Waals surface area contributed by atoms with Crippen molar-refractivity contribution in [2.75, 3.05) is 13.1 Å². The summed E-state index contributed by atoms with van der Waals surface area (Å²) >= 11 is 0. The minimum atomic E-state index is -3.61. The second-order valence-corrected chi connectivity index (χ2v) is 7.25. The lowest BCUT2D eigenvalue weighted by Crippen LogP contribution is -2.42. The van der Waals surface area contributed by atoms with Crippen LogP contribution in [0.1, 0.15) is 12.8 Å². The van der Waals surface area contributed by atoms with E-state index >= 15 is 0 Å². The molecule has 0 unspecified atom stereocenters. The summed E-state index contributed by atoms with van der Waals surface area (Å²) in [5, 5.41) is 3.97. The van der Waals surface area contributed by atoms with Crippen molar-refractivity contribution in [2.45, 2.75) is 23.8 Å². The molecule has 1 saturated heterocycles. The Morgan fingerprint density at radius 1 is 1.22 bits per heavy atom. The van der Waals surface area contributed by atoms with E-state index < -0.39 is 15.8 Å². The maximum atomic E-state index is 13.7. The van der Waals surface area contributed by atoms with Gasteiger partial charge in [0.2, 0.25) is 10.0 Å². The normalized spacial score (nSPS) is 17.0. The number of nitrogens with two attached hydrogens (primary N) is 1. The Balaban J connectivity index is 0.00000192. The molecular weight excluding hydrogens is 343 g/mol. The third kappa shape index (κ3) is 3.55. The van der Waals surface area contributed by atoms with Crippen LogP contribution in [0.3, 0.4) is 0 Å². The van der Waals surface area contributed by atoms with Gasteiger partial charge in [-0.2, -0.15) is 9.40 Å². The van der Waals surface area contributed by atoms with Crippen molar-refractivity contribution in [3.63, 3.8) is 0 Å². The van der Waals surface area contributed by atoms with Crippen molar-refractivity contribution in [1.82, 2.24) is 14.1 Å². The standard InChI is InChI=1S/C14H17FN4O2S.ClH/c15-13-3-1-2-4-14(13)19-10-12(9-17-19)22(20,21)18-7-5-11(16)6-8-18;/h1-4,9-11H,5-8,16H2;1H. The summed E-state index contributed by atoms with van der Waals surface area (Å²) in [6, 6.07) is 6.13. The summed E-state index contributed by atoms with van der Waals surface area (Å²) in [5.41, 5.74) is 6.01. The quantitative estimate of drug-likeness (QED) is 0.900. The maximum Gasteiger partial charge on any atom is 0.246 e. The molecule has 0 aliphatic carbocycles. The molecule has 23 heavy (non-hydrogen) atoms. The van der Waals surface area contributed by atoms with Crippen molar-refractivity contribution >= 4 is 22.4 Å². The van der Waals surface area contributed by atoms with E-state index in [9.17, 15) is 12.8 Å². The van der Waals surface area contributed by atoms with Crippen molar-refractivity contribution in [3.8, 4) is 5.69 Å². The van der Waals surface area contributed by atoms with E-state index in [1.807, 2.05) is 0 Å². The number of hydrogen-bond acceptors (Lipinski definition) is 4. The first kappa shape index (κ1) is 17.9. The second-order valence-electron chi connectivity index (χ2n) is 5.31. The summed E-state index contributed by atoms with van der Waals surface area (Å²) in [4.78, 5) is 0.0613. The van der Waals surface area contributed by atoms with Crippen LogP contribution in [0.4, 0.5) is 4.39 Å². The van der Waals surface area contributed by atoms with E-state index in [1.165, 1.54) is 27.4 Å². The number of piperidine rings is 1. The average molecular weight is 361 g/mol. The van der Waals surface area contributed by atoms with Crippen LogP contribution in [-0.4, -0.2) is 41.6 Å². The van der Waals surface area contributed by atoms with Crippen LogP contribution < -0.4 is 5.73 Å². The van der Waals surface area contributed by atoms with Crippen LogP contribution in [0, 0.1) is 5.82 Å². The Hall–Kier alpha value is -1.48. The van der Waals surface area contributed by atoms with Gasteiger partial charge in [0.1, 0.15) is 16.4 Å². The van der Waals surface area contributed by atoms with Crippen LogP contribution >= 0.6 is 12.4 Å². The van der Waals surface area contributed by atoms with Gasteiger partial charge in [0, 0.05) is 19.1 Å². The molecule has 126 valence electrons. The number of nitrogens with zero attached hydrogens (tertiary/aromatic N) is 3. The molecule has 0 amide bonds. The van der Waals surface area contributed by atoms with Gasteiger partial charge < -0.3 is 5.73 Å². The van der Waals surface area contributed by atoms with E-state index in [1.54, 1.807) is 18.2 Å². The predicted molar refractivity (Wildman–Crippen MR) is 86.7 cm³/mol. The summed E-state index contributed by atoms with van der Waals surface area (Å²) in [6.07, 6.45) is 3.86. The van der Waals surface area contributed by atoms with Gasteiger partial charge in [0.15, 0.2) is 0 Å². The smallest absolute Gasteiger partial charge is 0.246 e. The number of hydrogen-bond donors (Lipinski definition) is 1. The highest BCUT2D eigenvalue weighted by molar-refractivity contribution is 7.89. The number of aromatic nitrogens is 2. The SMILES string of the molecule is Cl.NC1CCN(S(=O)(=O)c2cnn(-c3ccccc3F)c2)CC1. The number of sulfonamides is 1. The molecule has 3 rings (SSSR count). The zero-order valence-corrected chi connectivity index (χ0v) is 13.9. The van der Waals surface area contributed by atoms with Crippen molar-refractivity contribution in [2.24, 2.45) is 5.73 Å². The summed E-state index contributed by atoms with van der Waals surface area (Å²) in [7, 11) is -3.61. The maximum absolute atomic E-state index is 13.7. The van der Waals surface area contributed by atoms with Gasteiger partial charge >= 0.3 is 0 Å². The first-order chi connectivity index (χ1) is 10.5. The molecule has 1 aromatic heterocycles. The Morgan fingerprint density at radius 2 is 1.87 bits per heavy atom. The molecule has 2 N–H and O–H groups in total. The Bertz CT molecular complexity index is 773. The molecule has 2 heterocycles. The van der Waals surface area contributed by atoms with E-state index in [2.05, 4.69) is 5.10 Å². The second kappa shape index (κ2) is 6.96. The molecular formula is C14H18ClFN4O2S. The van der Waals surface area contributed by atoms with Gasteiger partial charge in [-0.25, -0.2) is 17.5 Å². The molecule has 0 bridgehead atoms. The lowest BCUT2D eigenvalue weighted by atomic mass is 10.1. The number of halogens is 2. The van der Waals surface area contributed by atoms with Crippen molar-refractivity contribution in [1.29, 1.82) is 0 Å².